The lowest BCUT2D eigenvalue weighted by molar-refractivity contribution is -0.384. The van der Waals surface area contributed by atoms with Gasteiger partial charge in [-0.05, 0) is 30.2 Å². The summed E-state index contributed by atoms with van der Waals surface area (Å²) in [4.78, 5) is 11.3. The normalized spacial score (nSPS) is 13.0. The highest BCUT2D eigenvalue weighted by Crippen LogP contribution is 2.50. The molecule has 0 fully saturated rings. The van der Waals surface area contributed by atoms with Gasteiger partial charge in [-0.2, -0.15) is 13.2 Å². The summed E-state index contributed by atoms with van der Waals surface area (Å²) in [5.41, 5.74) is 0.204. The van der Waals surface area contributed by atoms with Crippen LogP contribution in [0.3, 0.4) is 0 Å². The first-order valence-corrected chi connectivity index (χ1v) is 7.58. The Hall–Kier alpha value is -2.22. The SMILES string of the molecule is CCc1ccc2c(c1)Sc1cc(C(F)(F)F)cc([N+](=O)[O-])c1N2. The number of nitrogens with one attached hydrogen (secondary N) is 1. The first-order chi connectivity index (χ1) is 10.8. The van der Waals surface area contributed by atoms with Gasteiger partial charge in [-0.15, -0.1) is 0 Å². The van der Waals surface area contributed by atoms with E-state index in [0.29, 0.717) is 11.8 Å². The number of nitrogens with zero attached hydrogens (tertiary/aromatic N) is 1. The van der Waals surface area contributed by atoms with Crippen molar-refractivity contribution < 1.29 is 18.1 Å². The van der Waals surface area contributed by atoms with Crippen LogP contribution < -0.4 is 5.32 Å². The van der Waals surface area contributed by atoms with E-state index in [4.69, 9.17) is 0 Å². The molecule has 1 aliphatic rings. The number of hydrogen-bond donors (Lipinski definition) is 1. The maximum atomic E-state index is 13.0. The van der Waals surface area contributed by atoms with Crippen molar-refractivity contribution in [3.05, 3.63) is 51.6 Å². The van der Waals surface area contributed by atoms with Gasteiger partial charge in [0, 0.05) is 15.9 Å². The lowest BCUT2D eigenvalue weighted by Crippen LogP contribution is -2.10. The Bertz CT molecular complexity index is 806. The molecule has 2 aromatic carbocycles. The molecule has 0 radical (unpaired) electrons. The third kappa shape index (κ3) is 2.86. The van der Waals surface area contributed by atoms with E-state index in [1.54, 1.807) is 6.07 Å². The molecule has 0 aliphatic carbocycles. The van der Waals surface area contributed by atoms with Gasteiger partial charge in [-0.3, -0.25) is 10.1 Å². The molecule has 120 valence electrons. The molecule has 0 atom stereocenters. The van der Waals surface area contributed by atoms with Crippen molar-refractivity contribution >= 4 is 28.8 Å². The number of halogens is 3. The van der Waals surface area contributed by atoms with Crippen LogP contribution in [-0.2, 0) is 12.6 Å². The summed E-state index contributed by atoms with van der Waals surface area (Å²) in [6.45, 7) is 1.98. The largest absolute Gasteiger partial charge is 0.416 e. The number of alkyl halides is 3. The molecule has 0 saturated carbocycles. The van der Waals surface area contributed by atoms with Crippen molar-refractivity contribution in [2.45, 2.75) is 29.3 Å². The van der Waals surface area contributed by atoms with Crippen LogP contribution in [0.25, 0.3) is 0 Å². The van der Waals surface area contributed by atoms with Gasteiger partial charge >= 0.3 is 6.18 Å². The topological polar surface area (TPSA) is 55.2 Å². The first kappa shape index (κ1) is 15.7. The Morgan fingerprint density at radius 3 is 2.57 bits per heavy atom. The van der Waals surface area contributed by atoms with Crippen LogP contribution in [0.5, 0.6) is 0 Å². The third-order valence-electron chi connectivity index (χ3n) is 3.54. The number of hydrogen-bond acceptors (Lipinski definition) is 4. The molecule has 0 saturated heterocycles. The van der Waals surface area contributed by atoms with Crippen LogP contribution in [0.1, 0.15) is 18.1 Å². The molecule has 0 bridgehead atoms. The molecule has 0 spiro atoms. The summed E-state index contributed by atoms with van der Waals surface area (Å²) in [6, 6.07) is 7.06. The summed E-state index contributed by atoms with van der Waals surface area (Å²) < 4.78 is 38.9. The average molecular weight is 340 g/mol. The second-order valence-electron chi connectivity index (χ2n) is 5.03. The van der Waals surface area contributed by atoms with Crippen LogP contribution in [0.4, 0.5) is 30.2 Å². The van der Waals surface area contributed by atoms with Gasteiger partial charge in [0.2, 0.25) is 0 Å². The number of nitro benzene ring substituents is 1. The predicted molar refractivity (Wildman–Crippen MR) is 81.3 cm³/mol. The maximum absolute atomic E-state index is 13.0. The minimum atomic E-state index is -4.63. The highest BCUT2D eigenvalue weighted by Gasteiger charge is 2.36. The van der Waals surface area contributed by atoms with Gasteiger partial charge < -0.3 is 5.32 Å². The fraction of sp³-hybridized carbons (Fsp3) is 0.200. The molecule has 3 rings (SSSR count). The van der Waals surface area contributed by atoms with Crippen molar-refractivity contribution in [2.24, 2.45) is 0 Å². The second-order valence-corrected chi connectivity index (χ2v) is 6.12. The van der Waals surface area contributed by atoms with Crippen molar-refractivity contribution in [3.8, 4) is 0 Å². The second kappa shape index (κ2) is 5.45. The minimum absolute atomic E-state index is 0.102. The van der Waals surface area contributed by atoms with Gasteiger partial charge in [0.05, 0.1) is 16.2 Å². The summed E-state index contributed by atoms with van der Waals surface area (Å²) in [5, 5.41) is 14.0. The van der Waals surface area contributed by atoms with Gasteiger partial charge in [0.1, 0.15) is 5.69 Å². The van der Waals surface area contributed by atoms with E-state index in [-0.39, 0.29) is 10.6 Å². The summed E-state index contributed by atoms with van der Waals surface area (Å²) in [5.74, 6) is 0. The number of rotatable bonds is 2. The zero-order valence-corrected chi connectivity index (χ0v) is 12.7. The van der Waals surface area contributed by atoms with E-state index < -0.39 is 22.4 Å². The minimum Gasteiger partial charge on any atom is -0.348 e. The van der Waals surface area contributed by atoms with Crippen LogP contribution >= 0.6 is 11.8 Å². The Balaban J connectivity index is 2.15. The Morgan fingerprint density at radius 1 is 1.22 bits per heavy atom. The zero-order chi connectivity index (χ0) is 16.8. The molecule has 8 heteroatoms. The smallest absolute Gasteiger partial charge is 0.348 e. The molecule has 2 aromatic rings. The van der Waals surface area contributed by atoms with E-state index in [1.165, 1.54) is 0 Å². The number of nitro groups is 1. The molecular formula is C15H11F3N2O2S. The Morgan fingerprint density at radius 2 is 1.96 bits per heavy atom. The molecule has 0 unspecified atom stereocenters. The summed E-state index contributed by atoms with van der Waals surface area (Å²) >= 11 is 1.11. The van der Waals surface area contributed by atoms with Crippen LogP contribution in [-0.4, -0.2) is 4.92 Å². The molecular weight excluding hydrogens is 329 g/mol. The van der Waals surface area contributed by atoms with Crippen molar-refractivity contribution in [1.29, 1.82) is 0 Å². The molecule has 0 amide bonds. The standard InChI is InChI=1S/C15H11F3N2O2S/c1-2-8-3-4-10-12(5-8)23-13-7-9(15(16,17)18)6-11(20(21)22)14(13)19-10/h3-7,19H,2H2,1H3. The molecule has 4 nitrogen and oxygen atoms in total. The number of aryl methyl sites for hydroxylation is 1. The van der Waals surface area contributed by atoms with E-state index in [1.807, 2.05) is 19.1 Å². The number of benzene rings is 2. The summed E-state index contributed by atoms with van der Waals surface area (Å²) in [7, 11) is 0. The highest BCUT2D eigenvalue weighted by molar-refractivity contribution is 7.99. The lowest BCUT2D eigenvalue weighted by atomic mass is 10.1. The number of fused-ring (bicyclic) bond motifs is 2. The molecule has 1 heterocycles. The highest BCUT2D eigenvalue weighted by atomic mass is 32.2. The number of anilines is 2. The van der Waals surface area contributed by atoms with Crippen LogP contribution in [0.2, 0.25) is 0 Å². The molecule has 23 heavy (non-hydrogen) atoms. The molecule has 1 aliphatic heterocycles. The lowest BCUT2D eigenvalue weighted by Gasteiger charge is -2.22. The Kier molecular flexibility index (Phi) is 3.71. The Labute approximate surface area is 133 Å². The quantitative estimate of drug-likeness (QED) is 0.502. The van der Waals surface area contributed by atoms with E-state index in [9.17, 15) is 23.3 Å². The molecule has 1 N–H and O–H groups in total. The van der Waals surface area contributed by atoms with Gasteiger partial charge in [-0.1, -0.05) is 24.8 Å². The van der Waals surface area contributed by atoms with Crippen molar-refractivity contribution in [2.75, 3.05) is 5.32 Å². The zero-order valence-electron chi connectivity index (χ0n) is 11.9. The fourth-order valence-corrected chi connectivity index (χ4v) is 3.46. The van der Waals surface area contributed by atoms with Crippen molar-refractivity contribution in [1.82, 2.24) is 0 Å². The third-order valence-corrected chi connectivity index (χ3v) is 4.64. The predicted octanol–water partition coefficient (Wildman–Crippen LogP) is 5.38. The van der Waals surface area contributed by atoms with E-state index in [0.717, 1.165) is 34.7 Å². The molecule has 0 aromatic heterocycles. The average Bonchev–Trinajstić information content (AvgIpc) is 2.50. The van der Waals surface area contributed by atoms with Gasteiger partial charge in [0.25, 0.3) is 5.69 Å². The first-order valence-electron chi connectivity index (χ1n) is 6.77. The van der Waals surface area contributed by atoms with E-state index >= 15 is 0 Å². The van der Waals surface area contributed by atoms with Crippen LogP contribution in [0, 0.1) is 10.1 Å². The van der Waals surface area contributed by atoms with Gasteiger partial charge in [-0.25, -0.2) is 0 Å². The monoisotopic (exact) mass is 340 g/mol. The maximum Gasteiger partial charge on any atom is 0.416 e. The van der Waals surface area contributed by atoms with Crippen molar-refractivity contribution in [3.63, 3.8) is 0 Å². The van der Waals surface area contributed by atoms with Gasteiger partial charge in [0.15, 0.2) is 0 Å². The summed E-state index contributed by atoms with van der Waals surface area (Å²) in [6.07, 6.45) is -3.84. The van der Waals surface area contributed by atoms with Crippen LogP contribution in [0.15, 0.2) is 40.1 Å². The van der Waals surface area contributed by atoms with E-state index in [2.05, 4.69) is 5.32 Å². The fourth-order valence-electron chi connectivity index (χ4n) is 2.34.